The Bertz CT molecular complexity index is 690. The molecule has 13 nitrogen and oxygen atoms in total. The third-order valence-electron chi connectivity index (χ3n) is 6.09. The van der Waals surface area contributed by atoms with Crippen molar-refractivity contribution in [1.82, 2.24) is 0 Å². The minimum Gasteiger partial charge on any atom is -0.870 e. The molecule has 0 aliphatic carbocycles. The van der Waals surface area contributed by atoms with Crippen molar-refractivity contribution >= 4 is 52.3 Å². The Hall–Kier alpha value is -0.944. The van der Waals surface area contributed by atoms with Gasteiger partial charge >= 0.3 is 75.3 Å². The molecule has 0 atom stereocenters. The molecule has 0 amide bonds. The van der Waals surface area contributed by atoms with Gasteiger partial charge in [0.2, 0.25) is 0 Å². The van der Waals surface area contributed by atoms with Crippen molar-refractivity contribution in [3.63, 3.8) is 0 Å². The van der Waals surface area contributed by atoms with E-state index in [0.29, 0.717) is 12.8 Å². The number of aliphatic carboxylic acids is 4. The second-order valence-corrected chi connectivity index (χ2v) is 11.2. The molecule has 0 bridgehead atoms. The van der Waals surface area contributed by atoms with Crippen molar-refractivity contribution in [3.05, 3.63) is 0 Å². The second-order valence-electron chi connectivity index (χ2n) is 10.4. The average molecular weight is 771 g/mol. The maximum Gasteiger partial charge on any atom is 1.00 e. The van der Waals surface area contributed by atoms with Crippen LogP contribution in [0.1, 0.15) is 154 Å². The fourth-order valence-corrected chi connectivity index (χ4v) is 4.00. The fourth-order valence-electron chi connectivity index (χ4n) is 3.60. The van der Waals surface area contributed by atoms with Gasteiger partial charge in [0.1, 0.15) is 6.29 Å². The smallest absolute Gasteiger partial charge is 0.870 e. The van der Waals surface area contributed by atoms with Gasteiger partial charge in [-0.3, -0.25) is 19.2 Å². The standard InChI is InChI=1S/C8H15BrO2.C8H15NO3.C8H16O3.C8H14O3.K.H2O/c9-7-5-3-1-2-4-6-8(10)11;10-8(11)6-4-2-1-3-5-7-9-12;2*9-7-5-3-1-2-4-6-8(10)11;;/h1-7H2,(H,10,11);7,12H,1-6H2,(H,10,11);9H,1-7H2,(H,10,11);7H,1-6H2,(H,10,11);;1H2/q;;;;+1;/p-1/b;9-7+;;;;. The largest absolute Gasteiger partial charge is 1.00 e. The van der Waals surface area contributed by atoms with Gasteiger partial charge in [-0.15, -0.1) is 5.16 Å². The molecule has 0 aromatic carbocycles. The Morgan fingerprint density at radius 1 is 0.511 bits per heavy atom. The summed E-state index contributed by atoms with van der Waals surface area (Å²) in [6, 6.07) is 0. The summed E-state index contributed by atoms with van der Waals surface area (Å²) in [5.74, 6) is -2.86. The minimum absolute atomic E-state index is 0. The van der Waals surface area contributed by atoms with Gasteiger partial charge in [0.15, 0.2) is 0 Å². The molecule has 0 heterocycles. The first-order valence-electron chi connectivity index (χ1n) is 16.2. The number of carbonyl (C=O) groups excluding carboxylic acids is 1. The summed E-state index contributed by atoms with van der Waals surface area (Å²) >= 11 is 3.35. The molecule has 0 aliphatic heterocycles. The number of hydrogen-bond donors (Lipinski definition) is 6. The number of aliphatic hydroxyl groups excluding tert-OH is 1. The van der Waals surface area contributed by atoms with Crippen LogP contribution in [0.4, 0.5) is 0 Å². The van der Waals surface area contributed by atoms with E-state index in [1.165, 1.54) is 25.5 Å². The van der Waals surface area contributed by atoms with Crippen molar-refractivity contribution in [2.45, 2.75) is 154 Å². The maximum atomic E-state index is 10.1. The zero-order valence-electron chi connectivity index (χ0n) is 28.5. The van der Waals surface area contributed by atoms with Crippen molar-refractivity contribution in [2.75, 3.05) is 11.9 Å². The predicted molar refractivity (Wildman–Crippen MR) is 181 cm³/mol. The number of carbonyl (C=O) groups is 5. The monoisotopic (exact) mass is 769 g/mol. The number of aldehydes is 1. The zero-order chi connectivity index (χ0) is 34.8. The molecule has 0 fully saturated rings. The maximum absolute atomic E-state index is 10.1. The number of halogens is 1. The molecule has 274 valence electrons. The van der Waals surface area contributed by atoms with Gasteiger partial charge in [0.25, 0.3) is 0 Å². The summed E-state index contributed by atoms with van der Waals surface area (Å²) < 4.78 is 0. The average Bonchev–Trinajstić information content (AvgIpc) is 2.98. The van der Waals surface area contributed by atoms with Gasteiger partial charge in [0.05, 0.1) is 0 Å². The summed E-state index contributed by atoms with van der Waals surface area (Å²) in [6.07, 6.45) is 22.1. The molecule has 0 spiro atoms. The molecule has 0 aromatic rings. The Morgan fingerprint density at radius 3 is 1.11 bits per heavy atom. The number of rotatable bonds is 28. The van der Waals surface area contributed by atoms with E-state index in [9.17, 15) is 24.0 Å². The van der Waals surface area contributed by atoms with Gasteiger partial charge in [-0.05, 0) is 57.8 Å². The predicted octanol–water partition coefficient (Wildman–Crippen LogP) is 4.52. The zero-order valence-corrected chi connectivity index (χ0v) is 33.2. The van der Waals surface area contributed by atoms with E-state index in [0.717, 1.165) is 114 Å². The van der Waals surface area contributed by atoms with Gasteiger partial charge in [-0.25, -0.2) is 0 Å². The molecule has 0 saturated carbocycles. The van der Waals surface area contributed by atoms with E-state index in [1.807, 2.05) is 0 Å². The van der Waals surface area contributed by atoms with Crippen LogP contribution in [-0.2, 0) is 24.0 Å². The van der Waals surface area contributed by atoms with Crippen LogP contribution in [0.25, 0.3) is 0 Å². The number of alkyl halides is 1. The second kappa shape index (κ2) is 54.5. The third kappa shape index (κ3) is 81.3. The molecule has 0 saturated heterocycles. The van der Waals surface area contributed by atoms with Crippen molar-refractivity contribution in [3.8, 4) is 0 Å². The topological polar surface area (TPSA) is 249 Å². The van der Waals surface area contributed by atoms with E-state index in [-0.39, 0.29) is 82.7 Å². The van der Waals surface area contributed by atoms with E-state index in [2.05, 4.69) is 21.1 Å². The van der Waals surface area contributed by atoms with Crippen LogP contribution in [0.5, 0.6) is 0 Å². The van der Waals surface area contributed by atoms with Crippen molar-refractivity contribution in [2.24, 2.45) is 5.16 Å². The molecule has 0 radical (unpaired) electrons. The Labute approximate surface area is 332 Å². The Kier molecular flexibility index (Phi) is 67.6. The van der Waals surface area contributed by atoms with Crippen LogP contribution in [0, 0.1) is 0 Å². The van der Waals surface area contributed by atoms with E-state index < -0.39 is 23.9 Å². The number of hydrogen-bond acceptors (Lipinski definition) is 9. The van der Waals surface area contributed by atoms with Gasteiger partial charge in [-0.1, -0.05) is 80.1 Å². The summed E-state index contributed by atoms with van der Waals surface area (Å²) in [5.41, 5.74) is 0. The number of unbranched alkanes of at least 4 members (excludes halogenated alkanes) is 16. The van der Waals surface area contributed by atoms with E-state index in [1.54, 1.807) is 0 Å². The quantitative estimate of drug-likeness (QED) is 0.0122. The summed E-state index contributed by atoms with van der Waals surface area (Å²) in [7, 11) is 0. The molecule has 7 N–H and O–H groups in total. The van der Waals surface area contributed by atoms with Crippen LogP contribution in [-0.4, -0.2) is 84.5 Å². The van der Waals surface area contributed by atoms with Crippen LogP contribution in [0.3, 0.4) is 0 Å². The first-order chi connectivity index (χ1) is 21.6. The Balaban J connectivity index is -0.000000118. The van der Waals surface area contributed by atoms with Crippen LogP contribution < -0.4 is 51.4 Å². The summed E-state index contributed by atoms with van der Waals surface area (Å²) in [5, 5.41) is 53.5. The number of carboxylic acids is 4. The normalized spacial score (nSPS) is 9.57. The number of aliphatic hydroxyl groups is 1. The molecular weight excluding hydrogens is 709 g/mol. The molecular formula is C32H61BrKNO12. The van der Waals surface area contributed by atoms with Crippen LogP contribution in [0.15, 0.2) is 5.16 Å². The summed E-state index contributed by atoms with van der Waals surface area (Å²) in [4.78, 5) is 50.1. The molecule has 0 aromatic heterocycles. The minimum atomic E-state index is -0.736. The first-order valence-corrected chi connectivity index (χ1v) is 17.3. The van der Waals surface area contributed by atoms with Gasteiger partial charge in [0, 0.05) is 50.3 Å². The SMILES string of the molecule is O=C(O)CCCCCC/C=N/O.O=C(O)CCCCCCCBr.O=C(O)CCCCCCCO.O=CCCCCCCC(=O)O.[K+].[OH-]. The number of oxime groups is 1. The van der Waals surface area contributed by atoms with Crippen LogP contribution in [0.2, 0.25) is 0 Å². The van der Waals surface area contributed by atoms with Gasteiger partial charge < -0.3 is 41.0 Å². The van der Waals surface area contributed by atoms with Crippen molar-refractivity contribution < 1.29 is 112 Å². The van der Waals surface area contributed by atoms with E-state index in [4.69, 9.17) is 30.7 Å². The molecule has 47 heavy (non-hydrogen) atoms. The molecule has 0 unspecified atom stereocenters. The molecule has 15 heteroatoms. The fraction of sp³-hybridized carbons (Fsp3) is 0.812. The van der Waals surface area contributed by atoms with E-state index >= 15 is 0 Å². The first kappa shape index (κ1) is 58.3. The number of carboxylic acid groups (broad SMARTS) is 4. The summed E-state index contributed by atoms with van der Waals surface area (Å²) in [6.45, 7) is 0.249. The number of nitrogens with zero attached hydrogens (tertiary/aromatic N) is 1. The van der Waals surface area contributed by atoms with Crippen molar-refractivity contribution in [1.29, 1.82) is 0 Å². The van der Waals surface area contributed by atoms with Gasteiger partial charge in [-0.2, -0.15) is 0 Å². The van der Waals surface area contributed by atoms with Crippen LogP contribution >= 0.6 is 15.9 Å². The Morgan fingerprint density at radius 2 is 0.809 bits per heavy atom. The molecule has 0 aliphatic rings. The third-order valence-corrected chi connectivity index (χ3v) is 6.65. The molecule has 0 rings (SSSR count).